The van der Waals surface area contributed by atoms with Gasteiger partial charge < -0.3 is 4.40 Å². The van der Waals surface area contributed by atoms with Crippen LogP contribution in [0.25, 0.3) is 125 Å². The van der Waals surface area contributed by atoms with Gasteiger partial charge in [0.2, 0.25) is 5.95 Å². The van der Waals surface area contributed by atoms with Crippen LogP contribution >= 0.6 is 11.3 Å². The molecule has 0 unspecified atom stereocenters. The minimum atomic E-state index is 0.663. The van der Waals surface area contributed by atoms with E-state index in [9.17, 15) is 0 Å². The summed E-state index contributed by atoms with van der Waals surface area (Å²) in [6.07, 6.45) is 0. The van der Waals surface area contributed by atoms with Crippen molar-refractivity contribution in [2.24, 2.45) is 0 Å². The Bertz CT molecular complexity index is 3960. The Labute approximate surface area is 321 Å². The van der Waals surface area contributed by atoms with E-state index in [2.05, 4.69) is 177 Å². The highest BCUT2D eigenvalue weighted by molar-refractivity contribution is 7.26. The Balaban J connectivity index is 1.21. The van der Waals surface area contributed by atoms with Gasteiger partial charge in [-0.05, 0) is 41.8 Å². The Morgan fingerprint density at radius 1 is 0.393 bits per heavy atom. The summed E-state index contributed by atoms with van der Waals surface area (Å²) in [5, 5.41) is 13.5. The maximum atomic E-state index is 5.69. The highest BCUT2D eigenvalue weighted by atomic mass is 32.1. The number of fused-ring (bicyclic) bond motifs is 18. The normalized spacial score (nSPS) is 12.6. The average Bonchev–Trinajstić information content (AvgIpc) is 4.05. The van der Waals surface area contributed by atoms with Crippen LogP contribution in [-0.2, 0) is 0 Å². The summed E-state index contributed by atoms with van der Waals surface area (Å²) in [6.45, 7) is 0. The Kier molecular flexibility index (Phi) is 5.34. The summed E-state index contributed by atoms with van der Waals surface area (Å²) in [5.41, 5.74) is 9.16. The van der Waals surface area contributed by atoms with E-state index >= 15 is 0 Å². The van der Waals surface area contributed by atoms with Crippen LogP contribution in [0.5, 0.6) is 0 Å². The first-order chi connectivity index (χ1) is 27.8. The van der Waals surface area contributed by atoms with E-state index in [4.69, 9.17) is 9.97 Å². The van der Waals surface area contributed by atoms with Crippen molar-refractivity contribution in [3.05, 3.63) is 164 Å². The minimum absolute atomic E-state index is 0.663. The summed E-state index contributed by atoms with van der Waals surface area (Å²) < 4.78 is 9.48. The maximum absolute atomic E-state index is 5.69. The molecule has 0 N–H and O–H groups in total. The Morgan fingerprint density at radius 3 is 1.73 bits per heavy atom. The van der Waals surface area contributed by atoms with Crippen molar-refractivity contribution in [1.82, 2.24) is 23.5 Å². The van der Waals surface area contributed by atoms with E-state index in [0.29, 0.717) is 5.95 Å². The van der Waals surface area contributed by atoms with Gasteiger partial charge in [-0.15, -0.1) is 11.3 Å². The van der Waals surface area contributed by atoms with Gasteiger partial charge in [0, 0.05) is 58.6 Å². The predicted molar refractivity (Wildman–Crippen MR) is 236 cm³/mol. The average molecular weight is 730 g/mol. The van der Waals surface area contributed by atoms with Crippen molar-refractivity contribution in [2.75, 3.05) is 0 Å². The van der Waals surface area contributed by atoms with Gasteiger partial charge in [0.1, 0.15) is 0 Å². The molecule has 14 aromatic rings. The molecule has 0 saturated heterocycles. The largest absolute Gasteiger partial charge is 0.307 e. The third-order valence-corrected chi connectivity index (χ3v) is 13.3. The van der Waals surface area contributed by atoms with Crippen molar-refractivity contribution >= 4 is 124 Å². The third kappa shape index (κ3) is 3.47. The van der Waals surface area contributed by atoms with Gasteiger partial charge in [-0.3, -0.25) is 9.13 Å². The molecule has 0 bridgehead atoms. The van der Waals surface area contributed by atoms with Gasteiger partial charge in [-0.2, -0.15) is 4.98 Å². The van der Waals surface area contributed by atoms with Crippen LogP contribution in [-0.4, -0.2) is 23.5 Å². The smallest absolute Gasteiger partial charge is 0.237 e. The van der Waals surface area contributed by atoms with E-state index in [-0.39, 0.29) is 0 Å². The van der Waals surface area contributed by atoms with Gasteiger partial charge in [0.05, 0.1) is 48.8 Å². The molecular formula is C50H27N5S. The molecule has 0 fully saturated rings. The summed E-state index contributed by atoms with van der Waals surface area (Å²) in [5.74, 6) is 1.56. The van der Waals surface area contributed by atoms with Crippen molar-refractivity contribution in [2.45, 2.75) is 0 Å². The van der Waals surface area contributed by atoms with E-state index in [1.807, 2.05) is 0 Å². The third-order valence-electron chi connectivity index (χ3n) is 12.2. The molecule has 56 heavy (non-hydrogen) atoms. The molecule has 0 aliphatic heterocycles. The van der Waals surface area contributed by atoms with Crippen molar-refractivity contribution in [3.63, 3.8) is 0 Å². The Morgan fingerprint density at radius 2 is 0.982 bits per heavy atom. The topological polar surface area (TPSA) is 40.0 Å². The molecule has 6 aromatic heterocycles. The standard InChI is InChI=1S/C50H27N5S/c1-2-14-29-28(13-1)25-26-35-44-43-33-18-6-11-23-40(33)54(41(43)27-36-32-17-5-10-22-39(32)55(46(29)35)47(36)44)50-51-45-34-19-7-12-24-42(34)56-48(45)49(52-50)53-37-20-8-3-15-30(37)31-16-4-9-21-38(31)53/h1-27H. The number of aromatic nitrogens is 5. The second-order valence-electron chi connectivity index (χ2n) is 14.9. The predicted octanol–water partition coefficient (Wildman–Crippen LogP) is 13.3. The number of hydrogen-bond acceptors (Lipinski definition) is 3. The van der Waals surface area contributed by atoms with Crippen molar-refractivity contribution < 1.29 is 0 Å². The number of thiophene rings is 1. The monoisotopic (exact) mass is 729 g/mol. The van der Waals surface area contributed by atoms with Crippen LogP contribution in [0.1, 0.15) is 0 Å². The molecule has 6 heterocycles. The molecule has 258 valence electrons. The summed E-state index contributed by atoms with van der Waals surface area (Å²) in [4.78, 5) is 11.2. The lowest BCUT2D eigenvalue weighted by atomic mass is 10.0. The van der Waals surface area contributed by atoms with Crippen LogP contribution in [0.4, 0.5) is 0 Å². The van der Waals surface area contributed by atoms with Gasteiger partial charge in [0.15, 0.2) is 5.82 Å². The number of nitrogens with zero attached hydrogens (tertiary/aromatic N) is 5. The first kappa shape index (κ1) is 29.1. The number of benzene rings is 8. The van der Waals surface area contributed by atoms with E-state index < -0.39 is 0 Å². The minimum Gasteiger partial charge on any atom is -0.307 e. The van der Waals surface area contributed by atoms with Crippen LogP contribution < -0.4 is 0 Å². The summed E-state index contributed by atoms with van der Waals surface area (Å²) in [7, 11) is 0. The fraction of sp³-hybridized carbons (Fsp3) is 0. The summed E-state index contributed by atoms with van der Waals surface area (Å²) >= 11 is 1.77. The first-order valence-corrected chi connectivity index (χ1v) is 19.8. The molecule has 0 saturated carbocycles. The molecule has 0 aliphatic rings. The maximum Gasteiger partial charge on any atom is 0.237 e. The second kappa shape index (κ2) is 10.3. The summed E-state index contributed by atoms with van der Waals surface area (Å²) in [6, 6.07) is 59.5. The molecule has 0 amide bonds. The molecule has 0 spiro atoms. The molecule has 6 heteroatoms. The van der Waals surface area contributed by atoms with Crippen LogP contribution in [0.2, 0.25) is 0 Å². The van der Waals surface area contributed by atoms with Crippen LogP contribution in [0, 0.1) is 0 Å². The zero-order valence-electron chi connectivity index (χ0n) is 29.7. The lowest BCUT2D eigenvalue weighted by Gasteiger charge is -2.12. The van der Waals surface area contributed by atoms with E-state index in [0.717, 1.165) is 43.5 Å². The highest BCUT2D eigenvalue weighted by Crippen LogP contribution is 2.48. The number of hydrogen-bond donors (Lipinski definition) is 0. The van der Waals surface area contributed by atoms with Crippen molar-refractivity contribution in [1.29, 1.82) is 0 Å². The fourth-order valence-corrected chi connectivity index (χ4v) is 11.1. The zero-order chi connectivity index (χ0) is 36.2. The quantitative estimate of drug-likeness (QED) is 0.178. The molecule has 0 radical (unpaired) electrons. The molecule has 0 aliphatic carbocycles. The SMILES string of the molecule is c1ccc2c(c1)ccc1c3c4c5ccccc5n(-c5nc(-n6c7ccccc7c7ccccc76)c6sc7ccccc7c6n5)c4cc4c5ccccc5n(c21)c43. The van der Waals surface area contributed by atoms with Crippen LogP contribution in [0.3, 0.4) is 0 Å². The number of para-hydroxylation sites is 4. The van der Waals surface area contributed by atoms with Gasteiger partial charge in [0.25, 0.3) is 0 Å². The van der Waals surface area contributed by atoms with E-state index in [1.165, 1.54) is 75.1 Å². The second-order valence-corrected chi connectivity index (χ2v) is 16.0. The van der Waals surface area contributed by atoms with Gasteiger partial charge >= 0.3 is 0 Å². The van der Waals surface area contributed by atoms with Crippen LogP contribution in [0.15, 0.2) is 164 Å². The lowest BCUT2D eigenvalue weighted by Crippen LogP contribution is -2.06. The number of rotatable bonds is 2. The molecule has 14 rings (SSSR count). The molecule has 5 nitrogen and oxygen atoms in total. The first-order valence-electron chi connectivity index (χ1n) is 19.0. The highest BCUT2D eigenvalue weighted by Gasteiger charge is 2.27. The Hall–Kier alpha value is -7.28. The van der Waals surface area contributed by atoms with Gasteiger partial charge in [-0.1, -0.05) is 127 Å². The zero-order valence-corrected chi connectivity index (χ0v) is 30.5. The van der Waals surface area contributed by atoms with Crippen molar-refractivity contribution in [3.8, 4) is 11.8 Å². The lowest BCUT2D eigenvalue weighted by molar-refractivity contribution is 0.977. The van der Waals surface area contributed by atoms with Gasteiger partial charge in [-0.25, -0.2) is 4.98 Å². The van der Waals surface area contributed by atoms with E-state index in [1.54, 1.807) is 11.3 Å². The molecule has 0 atom stereocenters. The fourth-order valence-electron chi connectivity index (χ4n) is 9.95. The molecular weight excluding hydrogens is 703 g/mol. The molecule has 8 aromatic carbocycles.